The van der Waals surface area contributed by atoms with Crippen LogP contribution in [-0.4, -0.2) is 57.3 Å². The lowest BCUT2D eigenvalue weighted by molar-refractivity contribution is -0.527. The molecule has 2 aliphatic rings. The second-order valence-corrected chi connectivity index (χ2v) is 8.78. The Labute approximate surface area is 187 Å². The number of amides is 2. The Bertz CT molecular complexity index is 1050. The Morgan fingerprint density at radius 2 is 1.91 bits per heavy atom. The number of nitro groups is 2. The lowest BCUT2D eigenvalue weighted by Crippen LogP contribution is -2.55. The van der Waals surface area contributed by atoms with Gasteiger partial charge in [-0.3, -0.25) is 29.8 Å². The number of carbonyl (C=O) groups is 3. The first-order valence-corrected chi connectivity index (χ1v) is 10.1. The highest BCUT2D eigenvalue weighted by Crippen LogP contribution is 2.56. The van der Waals surface area contributed by atoms with Crippen molar-refractivity contribution in [2.45, 2.75) is 57.3 Å². The quantitative estimate of drug-likeness (QED) is 0.390. The van der Waals surface area contributed by atoms with Gasteiger partial charge in [0, 0.05) is 29.0 Å². The molecule has 4 unspecified atom stereocenters. The predicted molar refractivity (Wildman–Crippen MR) is 110 cm³/mol. The van der Waals surface area contributed by atoms with Gasteiger partial charge in [-0.15, -0.1) is 0 Å². The van der Waals surface area contributed by atoms with Gasteiger partial charge < -0.3 is 14.6 Å². The fourth-order valence-corrected chi connectivity index (χ4v) is 4.53. The second-order valence-electron chi connectivity index (χ2n) is 8.78. The number of aliphatic hydroxyl groups excluding tert-OH is 1. The monoisotopic (exact) mass is 465 g/mol. The molecule has 1 fully saturated rings. The van der Waals surface area contributed by atoms with Crippen LogP contribution in [0.2, 0.25) is 0 Å². The first-order chi connectivity index (χ1) is 15.3. The van der Waals surface area contributed by atoms with E-state index in [1.807, 2.05) is 0 Å². The predicted octanol–water partition coefficient (Wildman–Crippen LogP) is 1.70. The molecular formula is C20H23N3O10. The van der Waals surface area contributed by atoms with Crippen LogP contribution < -0.4 is 4.90 Å². The summed E-state index contributed by atoms with van der Waals surface area (Å²) in [6, 6.07) is 1.36. The fraction of sp³-hybridized carbons (Fsp3) is 0.550. The van der Waals surface area contributed by atoms with Crippen LogP contribution in [0.4, 0.5) is 16.2 Å². The average Bonchev–Trinajstić information content (AvgIpc) is 3.14. The molecule has 13 nitrogen and oxygen atoms in total. The van der Waals surface area contributed by atoms with E-state index < -0.39 is 69.0 Å². The summed E-state index contributed by atoms with van der Waals surface area (Å²) in [5.41, 5.74) is -4.29. The van der Waals surface area contributed by atoms with E-state index in [0.717, 1.165) is 18.2 Å². The highest BCUT2D eigenvalue weighted by molar-refractivity contribution is 6.23. The Balaban J connectivity index is 2.31. The molecule has 1 aromatic carbocycles. The van der Waals surface area contributed by atoms with Gasteiger partial charge in [0.15, 0.2) is 0 Å². The molecule has 3 rings (SSSR count). The number of aliphatic hydroxyl groups is 1. The fourth-order valence-electron chi connectivity index (χ4n) is 4.53. The van der Waals surface area contributed by atoms with E-state index in [9.17, 15) is 39.7 Å². The smallest absolute Gasteiger partial charge is 0.421 e. The number of hydrogen-bond donors (Lipinski definition) is 1. The molecule has 0 radical (unpaired) electrons. The molecule has 1 heterocycles. The van der Waals surface area contributed by atoms with Crippen LogP contribution in [0.3, 0.4) is 0 Å². The van der Waals surface area contributed by atoms with Crippen LogP contribution in [0.15, 0.2) is 18.2 Å². The van der Waals surface area contributed by atoms with Gasteiger partial charge in [-0.25, -0.2) is 9.69 Å². The molecule has 1 N–H and O–H groups in total. The molecule has 0 saturated heterocycles. The summed E-state index contributed by atoms with van der Waals surface area (Å²) in [4.78, 5) is 61.7. The summed E-state index contributed by atoms with van der Waals surface area (Å²) in [5, 5.41) is 34.2. The number of esters is 1. The maximum atomic E-state index is 13.8. The number of carbonyl (C=O) groups excluding carboxylic acids is 3. The number of rotatable bonds is 4. The van der Waals surface area contributed by atoms with E-state index in [1.165, 1.54) is 6.92 Å². The van der Waals surface area contributed by atoms with Gasteiger partial charge in [0.25, 0.3) is 11.6 Å². The minimum atomic E-state index is -2.34. The highest BCUT2D eigenvalue weighted by atomic mass is 16.6. The number of nitrogens with zero attached hydrogens (tertiary/aromatic N) is 3. The zero-order valence-electron chi connectivity index (χ0n) is 18.3. The van der Waals surface area contributed by atoms with Crippen LogP contribution >= 0.6 is 0 Å². The lowest BCUT2D eigenvalue weighted by Gasteiger charge is -2.31. The second kappa shape index (κ2) is 8.06. The Hall–Kier alpha value is -3.61. The standard InChI is InChI=1S/C20H23N3O10/c1-5-32-16(25)15-13(23(30)31)9-14(24)20(15)11-8-10(22(28)29)6-7-12(11)21(17(20)26)18(27)33-19(2,3)4/h6-8,13-15,24H,5,9H2,1-4H3. The molecule has 1 aromatic rings. The maximum absolute atomic E-state index is 13.8. The van der Waals surface area contributed by atoms with Crippen molar-refractivity contribution in [3.63, 3.8) is 0 Å². The van der Waals surface area contributed by atoms with Crippen molar-refractivity contribution in [3.8, 4) is 0 Å². The van der Waals surface area contributed by atoms with Crippen molar-refractivity contribution in [1.29, 1.82) is 0 Å². The van der Waals surface area contributed by atoms with Gasteiger partial charge in [-0.05, 0) is 33.8 Å². The Morgan fingerprint density at radius 3 is 2.42 bits per heavy atom. The van der Waals surface area contributed by atoms with Crippen LogP contribution in [0.5, 0.6) is 0 Å². The number of ether oxygens (including phenoxy) is 2. The van der Waals surface area contributed by atoms with Crippen LogP contribution in [0.25, 0.3) is 0 Å². The SMILES string of the molecule is CCOC(=O)C1C([N+](=O)[O-])CC(O)C12C(=O)N(C(=O)OC(C)(C)C)c1ccc([N+](=O)[O-])cc12. The van der Waals surface area contributed by atoms with Crippen molar-refractivity contribution >= 4 is 29.3 Å². The summed E-state index contributed by atoms with van der Waals surface area (Å²) in [6.45, 7) is 5.93. The van der Waals surface area contributed by atoms with Gasteiger partial charge in [0.2, 0.25) is 6.04 Å². The van der Waals surface area contributed by atoms with Gasteiger partial charge in [-0.2, -0.15) is 0 Å². The molecule has 1 spiro atoms. The van der Waals surface area contributed by atoms with Crippen LogP contribution in [-0.2, 0) is 24.5 Å². The molecule has 33 heavy (non-hydrogen) atoms. The summed E-state index contributed by atoms with van der Waals surface area (Å²) in [6.07, 6.45) is -3.56. The van der Waals surface area contributed by atoms with Gasteiger partial charge in [0.05, 0.1) is 23.3 Å². The van der Waals surface area contributed by atoms with E-state index in [1.54, 1.807) is 20.8 Å². The molecule has 13 heteroatoms. The number of hydrogen-bond acceptors (Lipinski definition) is 10. The summed E-state index contributed by atoms with van der Waals surface area (Å²) < 4.78 is 10.3. The van der Waals surface area contributed by atoms with Crippen molar-refractivity contribution in [1.82, 2.24) is 0 Å². The molecule has 0 aromatic heterocycles. The van der Waals surface area contributed by atoms with E-state index in [0.29, 0.717) is 4.90 Å². The zero-order valence-corrected chi connectivity index (χ0v) is 18.3. The molecular weight excluding hydrogens is 442 g/mol. The summed E-state index contributed by atoms with van der Waals surface area (Å²) in [5.74, 6) is -4.11. The summed E-state index contributed by atoms with van der Waals surface area (Å²) >= 11 is 0. The molecule has 4 atom stereocenters. The molecule has 1 saturated carbocycles. The first-order valence-electron chi connectivity index (χ1n) is 10.1. The van der Waals surface area contributed by atoms with Crippen molar-refractivity contribution in [2.24, 2.45) is 5.92 Å². The minimum absolute atomic E-state index is 0.169. The highest BCUT2D eigenvalue weighted by Gasteiger charge is 2.73. The maximum Gasteiger partial charge on any atom is 0.421 e. The molecule has 1 aliphatic carbocycles. The van der Waals surface area contributed by atoms with Crippen LogP contribution in [0, 0.1) is 26.1 Å². The third-order valence-electron chi connectivity index (χ3n) is 5.69. The number of non-ortho nitro benzene ring substituents is 1. The normalized spacial score (nSPS) is 26.3. The van der Waals surface area contributed by atoms with Crippen LogP contribution in [0.1, 0.15) is 39.7 Å². The third kappa shape index (κ3) is 3.67. The minimum Gasteiger partial charge on any atom is -0.466 e. The molecule has 0 bridgehead atoms. The van der Waals surface area contributed by atoms with E-state index >= 15 is 0 Å². The van der Waals surface area contributed by atoms with Gasteiger partial charge in [-0.1, -0.05) is 0 Å². The first kappa shape index (κ1) is 24.0. The van der Waals surface area contributed by atoms with Crippen molar-refractivity contribution < 1.29 is 38.8 Å². The van der Waals surface area contributed by atoms with Gasteiger partial charge in [0.1, 0.15) is 16.9 Å². The number of fused-ring (bicyclic) bond motifs is 2. The average molecular weight is 465 g/mol. The molecule has 1 aliphatic heterocycles. The van der Waals surface area contributed by atoms with Crippen molar-refractivity contribution in [3.05, 3.63) is 44.0 Å². The van der Waals surface area contributed by atoms with E-state index in [2.05, 4.69) is 0 Å². The topological polar surface area (TPSA) is 179 Å². The Kier molecular flexibility index (Phi) is 5.88. The number of nitro benzene ring substituents is 1. The molecule has 2 amide bonds. The van der Waals surface area contributed by atoms with E-state index in [-0.39, 0.29) is 17.9 Å². The lowest BCUT2D eigenvalue weighted by atomic mass is 9.70. The number of benzene rings is 1. The largest absolute Gasteiger partial charge is 0.466 e. The third-order valence-corrected chi connectivity index (χ3v) is 5.69. The number of imide groups is 1. The molecule has 178 valence electrons. The number of anilines is 1. The summed E-state index contributed by atoms with van der Waals surface area (Å²) in [7, 11) is 0. The Morgan fingerprint density at radius 1 is 1.27 bits per heavy atom. The van der Waals surface area contributed by atoms with Crippen molar-refractivity contribution in [2.75, 3.05) is 11.5 Å². The zero-order chi connectivity index (χ0) is 24.9. The van der Waals surface area contributed by atoms with E-state index in [4.69, 9.17) is 9.47 Å². The van der Waals surface area contributed by atoms with Gasteiger partial charge >= 0.3 is 12.1 Å².